The summed E-state index contributed by atoms with van der Waals surface area (Å²) in [6.45, 7) is 0. The first-order valence-electron chi connectivity index (χ1n) is 4.20. The summed E-state index contributed by atoms with van der Waals surface area (Å²) in [4.78, 5) is 1.21. The fraction of sp³-hybridized carbons (Fsp3) is 0.111. The molecule has 1 aromatic carbocycles. The summed E-state index contributed by atoms with van der Waals surface area (Å²) in [7, 11) is 0. The molecule has 0 saturated heterocycles. The Morgan fingerprint density at radius 3 is 2.60 bits per heavy atom. The minimum atomic E-state index is 0.529. The van der Waals surface area contributed by atoms with Crippen molar-refractivity contribution in [2.24, 2.45) is 0 Å². The number of nitrogens with two attached hydrogens (primary N) is 1. The van der Waals surface area contributed by atoms with Crippen molar-refractivity contribution in [2.75, 3.05) is 5.73 Å². The van der Waals surface area contributed by atoms with Gasteiger partial charge in [-0.1, -0.05) is 27.3 Å². The molecule has 2 aromatic rings. The fourth-order valence-electron chi connectivity index (χ4n) is 1.00. The lowest BCUT2D eigenvalue weighted by Gasteiger charge is -1.98. The fourth-order valence-corrected chi connectivity index (χ4v) is 2.76. The number of hydrogen-bond donors (Lipinski definition) is 1. The van der Waals surface area contributed by atoms with Gasteiger partial charge in [0.05, 0.1) is 5.75 Å². The Morgan fingerprint density at radius 2 is 2.00 bits per heavy atom. The van der Waals surface area contributed by atoms with Crippen LogP contribution in [0.2, 0.25) is 0 Å². The van der Waals surface area contributed by atoms with Crippen LogP contribution >= 0.6 is 39.0 Å². The molecule has 0 radical (unpaired) electrons. The molecule has 78 valence electrons. The van der Waals surface area contributed by atoms with Gasteiger partial charge in [0.2, 0.25) is 5.13 Å². The van der Waals surface area contributed by atoms with Gasteiger partial charge in [-0.2, -0.15) is 0 Å². The summed E-state index contributed by atoms with van der Waals surface area (Å²) in [5.41, 5.74) is 5.50. The predicted molar refractivity (Wildman–Crippen MR) is 68.0 cm³/mol. The van der Waals surface area contributed by atoms with E-state index in [1.807, 2.05) is 12.1 Å². The standard InChI is InChI=1S/C9H8BrN3S2/c10-6-1-3-7(4-2-6)14-5-8-12-13-9(11)15-8/h1-4H,5H2,(H2,11,13). The number of anilines is 1. The molecule has 0 aliphatic heterocycles. The molecule has 0 atom stereocenters. The molecule has 1 aromatic heterocycles. The van der Waals surface area contributed by atoms with Crippen molar-refractivity contribution < 1.29 is 0 Å². The van der Waals surface area contributed by atoms with Crippen molar-refractivity contribution in [2.45, 2.75) is 10.6 Å². The van der Waals surface area contributed by atoms with Crippen LogP contribution < -0.4 is 5.73 Å². The molecule has 3 nitrogen and oxygen atoms in total. The minimum Gasteiger partial charge on any atom is -0.374 e. The molecule has 0 unspecified atom stereocenters. The Hall–Kier alpha value is -0.590. The SMILES string of the molecule is Nc1nnc(CSc2ccc(Br)cc2)s1. The van der Waals surface area contributed by atoms with Crippen molar-refractivity contribution in [1.82, 2.24) is 10.2 Å². The zero-order valence-corrected chi connectivity index (χ0v) is 10.9. The maximum absolute atomic E-state index is 5.50. The van der Waals surface area contributed by atoms with Gasteiger partial charge in [0.15, 0.2) is 0 Å². The van der Waals surface area contributed by atoms with Crippen molar-refractivity contribution in [1.29, 1.82) is 0 Å². The van der Waals surface area contributed by atoms with E-state index in [2.05, 4.69) is 38.3 Å². The Balaban J connectivity index is 1.96. The third kappa shape index (κ3) is 3.19. The number of rotatable bonds is 3. The molecule has 0 amide bonds. The number of nitrogen functional groups attached to an aromatic ring is 1. The number of hydrogen-bond acceptors (Lipinski definition) is 5. The molecule has 2 rings (SSSR count). The van der Waals surface area contributed by atoms with Crippen LogP contribution in [-0.2, 0) is 5.75 Å². The first-order chi connectivity index (χ1) is 7.24. The summed E-state index contributed by atoms with van der Waals surface area (Å²) in [6, 6.07) is 8.19. The number of halogens is 1. The Labute approximate surface area is 104 Å². The topological polar surface area (TPSA) is 51.8 Å². The second kappa shape index (κ2) is 4.96. The highest BCUT2D eigenvalue weighted by atomic mass is 79.9. The number of benzene rings is 1. The van der Waals surface area contributed by atoms with E-state index in [4.69, 9.17) is 5.73 Å². The number of thioether (sulfide) groups is 1. The molecular weight excluding hydrogens is 294 g/mol. The molecule has 1 heterocycles. The summed E-state index contributed by atoms with van der Waals surface area (Å²) in [6.07, 6.45) is 0. The van der Waals surface area contributed by atoms with E-state index < -0.39 is 0 Å². The van der Waals surface area contributed by atoms with Crippen molar-refractivity contribution >= 4 is 44.2 Å². The van der Waals surface area contributed by atoms with Crippen molar-refractivity contribution in [3.05, 3.63) is 33.7 Å². The summed E-state index contributed by atoms with van der Waals surface area (Å²) < 4.78 is 1.09. The van der Waals surface area contributed by atoms with E-state index in [1.54, 1.807) is 11.8 Å². The van der Waals surface area contributed by atoms with Crippen LogP contribution in [0.1, 0.15) is 5.01 Å². The van der Waals surface area contributed by atoms with E-state index in [-0.39, 0.29) is 0 Å². The van der Waals surface area contributed by atoms with Crippen LogP contribution in [0.4, 0.5) is 5.13 Å². The van der Waals surface area contributed by atoms with Crippen LogP contribution in [0.15, 0.2) is 33.6 Å². The zero-order valence-electron chi connectivity index (χ0n) is 7.68. The zero-order chi connectivity index (χ0) is 10.7. The van der Waals surface area contributed by atoms with E-state index >= 15 is 0 Å². The largest absolute Gasteiger partial charge is 0.374 e. The second-order valence-electron chi connectivity index (χ2n) is 2.78. The molecule has 0 aliphatic carbocycles. The predicted octanol–water partition coefficient (Wildman–Crippen LogP) is 3.18. The normalized spacial score (nSPS) is 10.5. The third-order valence-corrected chi connectivity index (χ3v) is 4.15. The molecule has 0 fully saturated rings. The van der Waals surface area contributed by atoms with Gasteiger partial charge in [-0.15, -0.1) is 22.0 Å². The second-order valence-corrected chi connectivity index (χ2v) is 5.83. The van der Waals surface area contributed by atoms with Crippen LogP contribution in [-0.4, -0.2) is 10.2 Å². The Kier molecular flexibility index (Phi) is 3.61. The van der Waals surface area contributed by atoms with Gasteiger partial charge in [-0.3, -0.25) is 0 Å². The van der Waals surface area contributed by atoms with Gasteiger partial charge in [-0.05, 0) is 24.3 Å². The van der Waals surface area contributed by atoms with Crippen LogP contribution in [0, 0.1) is 0 Å². The highest BCUT2D eigenvalue weighted by Gasteiger charge is 2.01. The Bertz CT molecular complexity index is 441. The highest BCUT2D eigenvalue weighted by Crippen LogP contribution is 2.25. The lowest BCUT2D eigenvalue weighted by Crippen LogP contribution is -1.81. The lowest BCUT2D eigenvalue weighted by molar-refractivity contribution is 1.05. The first kappa shape index (κ1) is 10.9. The highest BCUT2D eigenvalue weighted by molar-refractivity contribution is 9.10. The Morgan fingerprint density at radius 1 is 1.27 bits per heavy atom. The van der Waals surface area contributed by atoms with Crippen molar-refractivity contribution in [3.63, 3.8) is 0 Å². The van der Waals surface area contributed by atoms with E-state index in [0.29, 0.717) is 5.13 Å². The van der Waals surface area contributed by atoms with E-state index in [0.717, 1.165) is 15.2 Å². The molecule has 0 saturated carbocycles. The van der Waals surface area contributed by atoms with E-state index in [1.165, 1.54) is 16.2 Å². The summed E-state index contributed by atoms with van der Waals surface area (Å²) in [5.74, 6) is 0.816. The van der Waals surface area contributed by atoms with Gasteiger partial charge in [0.25, 0.3) is 0 Å². The van der Waals surface area contributed by atoms with Gasteiger partial charge in [-0.25, -0.2) is 0 Å². The molecule has 0 spiro atoms. The van der Waals surface area contributed by atoms with Gasteiger partial charge in [0, 0.05) is 9.37 Å². The monoisotopic (exact) mass is 301 g/mol. The van der Waals surface area contributed by atoms with Gasteiger partial charge >= 0.3 is 0 Å². The van der Waals surface area contributed by atoms with Crippen LogP contribution in [0.25, 0.3) is 0 Å². The first-order valence-corrected chi connectivity index (χ1v) is 6.80. The maximum atomic E-state index is 5.50. The summed E-state index contributed by atoms with van der Waals surface area (Å²) in [5, 5.41) is 9.22. The maximum Gasteiger partial charge on any atom is 0.203 e. The molecule has 15 heavy (non-hydrogen) atoms. The van der Waals surface area contributed by atoms with E-state index in [9.17, 15) is 0 Å². The molecule has 2 N–H and O–H groups in total. The molecule has 0 bridgehead atoms. The molecular formula is C9H8BrN3S2. The van der Waals surface area contributed by atoms with Gasteiger partial charge in [0.1, 0.15) is 5.01 Å². The average Bonchev–Trinajstić information content (AvgIpc) is 2.64. The average molecular weight is 302 g/mol. The number of nitrogens with zero attached hydrogens (tertiary/aromatic N) is 2. The van der Waals surface area contributed by atoms with Crippen molar-refractivity contribution in [3.8, 4) is 0 Å². The van der Waals surface area contributed by atoms with Crippen LogP contribution in [0.3, 0.4) is 0 Å². The summed E-state index contributed by atoms with van der Waals surface area (Å²) >= 11 is 6.56. The third-order valence-electron chi connectivity index (χ3n) is 1.66. The van der Waals surface area contributed by atoms with Crippen LogP contribution in [0.5, 0.6) is 0 Å². The molecule has 6 heteroatoms. The number of aromatic nitrogens is 2. The lowest BCUT2D eigenvalue weighted by atomic mass is 10.4. The van der Waals surface area contributed by atoms with Gasteiger partial charge < -0.3 is 5.73 Å². The minimum absolute atomic E-state index is 0.529. The molecule has 0 aliphatic rings. The quantitative estimate of drug-likeness (QED) is 0.885. The smallest absolute Gasteiger partial charge is 0.203 e.